The molecule has 4 rings (SSSR count). The number of fused-ring (bicyclic) bond motifs is 1. The van der Waals surface area contributed by atoms with Gasteiger partial charge in [-0.1, -0.05) is 18.2 Å². The molecule has 2 aromatic heterocycles. The van der Waals surface area contributed by atoms with E-state index in [1.807, 2.05) is 18.2 Å². The van der Waals surface area contributed by atoms with Crippen LogP contribution in [0.25, 0.3) is 11.0 Å². The maximum atomic E-state index is 12.2. The zero-order valence-corrected chi connectivity index (χ0v) is 12.9. The zero-order chi connectivity index (χ0) is 15.8. The molecule has 0 spiro atoms. The van der Waals surface area contributed by atoms with Gasteiger partial charge in [-0.25, -0.2) is 0 Å². The number of rotatable bonds is 3. The summed E-state index contributed by atoms with van der Waals surface area (Å²) >= 11 is 0. The third-order valence-corrected chi connectivity index (χ3v) is 4.22. The van der Waals surface area contributed by atoms with Crippen molar-refractivity contribution in [1.82, 2.24) is 19.7 Å². The van der Waals surface area contributed by atoms with Crippen molar-refractivity contribution in [2.75, 3.05) is 23.3 Å². The monoisotopic (exact) mass is 310 g/mol. The van der Waals surface area contributed by atoms with E-state index in [9.17, 15) is 4.79 Å². The normalized spacial score (nSPS) is 17.8. The fourth-order valence-corrected chi connectivity index (χ4v) is 3.01. The van der Waals surface area contributed by atoms with Crippen molar-refractivity contribution in [1.29, 1.82) is 0 Å². The lowest BCUT2D eigenvalue weighted by atomic mass is 10.2. The highest BCUT2D eigenvalue weighted by molar-refractivity contribution is 5.74. The summed E-state index contributed by atoms with van der Waals surface area (Å²) in [5.74, 6) is 0.614. The minimum Gasteiger partial charge on any atom is -0.380 e. The molecule has 0 saturated carbocycles. The second kappa shape index (κ2) is 5.42. The van der Waals surface area contributed by atoms with Gasteiger partial charge in [-0.15, -0.1) is 0 Å². The average Bonchev–Trinajstić information content (AvgIpc) is 3.16. The van der Waals surface area contributed by atoms with Crippen molar-refractivity contribution in [3.05, 3.63) is 46.9 Å². The molecular formula is C16H18N6O. The number of nitrogens with one attached hydrogen (secondary N) is 2. The number of anilines is 2. The van der Waals surface area contributed by atoms with Gasteiger partial charge >= 0.3 is 0 Å². The lowest BCUT2D eigenvalue weighted by molar-refractivity contribution is 0.779. The van der Waals surface area contributed by atoms with Gasteiger partial charge in [-0.2, -0.15) is 10.1 Å². The summed E-state index contributed by atoms with van der Waals surface area (Å²) in [5, 5.41) is 8.14. The highest BCUT2D eigenvalue weighted by Gasteiger charge is 2.24. The maximum Gasteiger partial charge on any atom is 0.263 e. The molecule has 1 aliphatic heterocycles. The number of nitrogens with zero attached hydrogens (tertiary/aromatic N) is 4. The second-order valence-electron chi connectivity index (χ2n) is 5.84. The van der Waals surface area contributed by atoms with Crippen molar-refractivity contribution >= 4 is 22.7 Å². The van der Waals surface area contributed by atoms with Crippen LogP contribution in [0.1, 0.15) is 6.42 Å². The quantitative estimate of drug-likeness (QED) is 0.763. The van der Waals surface area contributed by atoms with E-state index in [4.69, 9.17) is 0 Å². The minimum atomic E-state index is -0.141. The highest BCUT2D eigenvalue weighted by atomic mass is 16.1. The maximum absolute atomic E-state index is 12.2. The summed E-state index contributed by atoms with van der Waals surface area (Å²) in [6.45, 7) is 1.66. The van der Waals surface area contributed by atoms with Crippen LogP contribution in [0.5, 0.6) is 0 Å². The number of H-pyrrole nitrogens is 1. The summed E-state index contributed by atoms with van der Waals surface area (Å²) in [5.41, 5.74) is 1.59. The Morgan fingerprint density at radius 2 is 2.13 bits per heavy atom. The van der Waals surface area contributed by atoms with Gasteiger partial charge in [-0.3, -0.25) is 14.5 Å². The van der Waals surface area contributed by atoms with Gasteiger partial charge in [0.25, 0.3) is 5.56 Å². The third-order valence-electron chi connectivity index (χ3n) is 4.22. The van der Waals surface area contributed by atoms with E-state index in [2.05, 4.69) is 37.4 Å². The summed E-state index contributed by atoms with van der Waals surface area (Å²) in [7, 11) is 1.79. The number of hydrogen-bond acceptors (Lipinski definition) is 5. The largest absolute Gasteiger partial charge is 0.380 e. The van der Waals surface area contributed by atoms with Gasteiger partial charge in [0, 0.05) is 31.9 Å². The van der Waals surface area contributed by atoms with E-state index in [1.165, 1.54) is 0 Å². The molecular weight excluding hydrogens is 292 g/mol. The smallest absolute Gasteiger partial charge is 0.263 e. The van der Waals surface area contributed by atoms with E-state index < -0.39 is 0 Å². The minimum absolute atomic E-state index is 0.141. The van der Waals surface area contributed by atoms with Crippen molar-refractivity contribution < 1.29 is 0 Å². The Bertz CT molecular complexity index is 884. The van der Waals surface area contributed by atoms with Gasteiger partial charge < -0.3 is 10.2 Å². The van der Waals surface area contributed by atoms with Crippen LogP contribution in [0.15, 0.2) is 41.3 Å². The molecule has 1 unspecified atom stereocenters. The first-order chi connectivity index (χ1) is 11.2. The van der Waals surface area contributed by atoms with Crippen LogP contribution < -0.4 is 15.8 Å². The summed E-state index contributed by atoms with van der Waals surface area (Å²) in [6, 6.07) is 10.5. The van der Waals surface area contributed by atoms with E-state index in [0.29, 0.717) is 23.0 Å². The van der Waals surface area contributed by atoms with Crippen LogP contribution in [0.2, 0.25) is 0 Å². The molecule has 118 valence electrons. The van der Waals surface area contributed by atoms with Crippen molar-refractivity contribution in [2.45, 2.75) is 12.5 Å². The molecule has 0 radical (unpaired) electrons. The SMILES string of the molecule is Cn1ncc2c(=O)[nH]c(N3CCC(Nc4ccccc4)C3)nc21. The Morgan fingerprint density at radius 3 is 2.96 bits per heavy atom. The Labute approximate surface area is 133 Å². The molecule has 3 heterocycles. The number of benzene rings is 1. The Kier molecular flexibility index (Phi) is 3.25. The molecule has 1 saturated heterocycles. The topological polar surface area (TPSA) is 78.8 Å². The molecule has 2 N–H and O–H groups in total. The second-order valence-corrected chi connectivity index (χ2v) is 5.84. The van der Waals surface area contributed by atoms with Crippen LogP contribution in [0.4, 0.5) is 11.6 Å². The van der Waals surface area contributed by atoms with Crippen LogP contribution in [0, 0.1) is 0 Å². The van der Waals surface area contributed by atoms with Crippen molar-refractivity contribution in [2.24, 2.45) is 7.05 Å². The Hall–Kier alpha value is -2.83. The van der Waals surface area contributed by atoms with Crippen LogP contribution >= 0.6 is 0 Å². The molecule has 3 aromatic rings. The lowest BCUT2D eigenvalue weighted by Gasteiger charge is -2.18. The number of aromatic amines is 1. The molecule has 0 aliphatic carbocycles. The van der Waals surface area contributed by atoms with E-state index in [0.717, 1.165) is 25.2 Å². The lowest BCUT2D eigenvalue weighted by Crippen LogP contribution is -2.28. The van der Waals surface area contributed by atoms with Crippen molar-refractivity contribution in [3.63, 3.8) is 0 Å². The van der Waals surface area contributed by atoms with E-state index in [-0.39, 0.29) is 5.56 Å². The van der Waals surface area contributed by atoms with Gasteiger partial charge in [0.1, 0.15) is 5.39 Å². The summed E-state index contributed by atoms with van der Waals surface area (Å²) in [6.07, 6.45) is 2.55. The van der Waals surface area contributed by atoms with Gasteiger partial charge in [0.05, 0.1) is 6.20 Å². The molecule has 0 bridgehead atoms. The molecule has 1 atom stereocenters. The molecule has 1 fully saturated rings. The Morgan fingerprint density at radius 1 is 1.30 bits per heavy atom. The standard InChI is InChI=1S/C16H18N6O/c1-21-14-13(9-17-21)15(23)20-16(19-14)22-8-7-12(10-22)18-11-5-3-2-4-6-11/h2-6,9,12,18H,7-8,10H2,1H3,(H,19,20,23). The molecule has 7 nitrogen and oxygen atoms in total. The van der Waals surface area contributed by atoms with Crippen LogP contribution in [-0.2, 0) is 7.05 Å². The molecule has 1 aliphatic rings. The number of para-hydroxylation sites is 1. The van der Waals surface area contributed by atoms with E-state index >= 15 is 0 Å². The highest BCUT2D eigenvalue weighted by Crippen LogP contribution is 2.20. The van der Waals surface area contributed by atoms with Gasteiger partial charge in [-0.05, 0) is 18.6 Å². The third kappa shape index (κ3) is 2.54. The van der Waals surface area contributed by atoms with Gasteiger partial charge in [0.15, 0.2) is 5.65 Å². The van der Waals surface area contributed by atoms with Gasteiger partial charge in [0.2, 0.25) is 5.95 Å². The predicted molar refractivity (Wildman–Crippen MR) is 89.8 cm³/mol. The van der Waals surface area contributed by atoms with E-state index in [1.54, 1.807) is 17.9 Å². The molecule has 0 amide bonds. The molecule has 23 heavy (non-hydrogen) atoms. The average molecular weight is 310 g/mol. The first kappa shape index (κ1) is 13.8. The molecule has 7 heteroatoms. The number of aromatic nitrogens is 4. The van der Waals surface area contributed by atoms with Crippen LogP contribution in [0.3, 0.4) is 0 Å². The number of aryl methyl sites for hydroxylation is 1. The fraction of sp³-hybridized carbons (Fsp3) is 0.312. The molecule has 1 aromatic carbocycles. The fourth-order valence-electron chi connectivity index (χ4n) is 3.01. The number of hydrogen-bond donors (Lipinski definition) is 2. The first-order valence-electron chi connectivity index (χ1n) is 7.69. The first-order valence-corrected chi connectivity index (χ1v) is 7.69. The summed E-state index contributed by atoms with van der Waals surface area (Å²) in [4.78, 5) is 21.7. The summed E-state index contributed by atoms with van der Waals surface area (Å²) < 4.78 is 1.63. The zero-order valence-electron chi connectivity index (χ0n) is 12.9. The predicted octanol–water partition coefficient (Wildman–Crippen LogP) is 1.35. The van der Waals surface area contributed by atoms with Crippen molar-refractivity contribution in [3.8, 4) is 0 Å². The Balaban J connectivity index is 1.55. The van der Waals surface area contributed by atoms with Crippen LogP contribution in [-0.4, -0.2) is 38.9 Å².